The van der Waals surface area contributed by atoms with Crippen LogP contribution in [0.3, 0.4) is 0 Å². The molecule has 2 aliphatic rings. The summed E-state index contributed by atoms with van der Waals surface area (Å²) in [7, 11) is 1.73. The largest absolute Gasteiger partial charge is 0.378 e. The molecular formula is C22H20N4O2S. The summed E-state index contributed by atoms with van der Waals surface area (Å²) in [5.74, 6) is -0.0805. The lowest BCUT2D eigenvalue weighted by Crippen LogP contribution is -2.36. The molecule has 1 amide bonds. The van der Waals surface area contributed by atoms with Crippen LogP contribution in [-0.4, -0.2) is 49.3 Å². The fraction of sp³-hybridized carbons (Fsp3) is 0.227. The molecule has 0 atom stereocenters. The third-order valence-electron chi connectivity index (χ3n) is 4.79. The molecular weight excluding hydrogens is 384 g/mol. The summed E-state index contributed by atoms with van der Waals surface area (Å²) in [5, 5.41) is 9.55. The number of thioether (sulfide) groups is 1. The number of aliphatic imine (C=N–C) groups is 1. The number of likely N-dealkylation sites (N-methyl/N-ethyl adjacent to an activating group) is 1. The van der Waals surface area contributed by atoms with E-state index in [9.17, 15) is 4.79 Å². The predicted molar refractivity (Wildman–Crippen MR) is 116 cm³/mol. The molecule has 2 aromatic rings. The molecule has 0 saturated carbocycles. The van der Waals surface area contributed by atoms with Crippen LogP contribution in [-0.2, 0) is 9.53 Å². The van der Waals surface area contributed by atoms with Gasteiger partial charge in [0.1, 0.15) is 0 Å². The van der Waals surface area contributed by atoms with Gasteiger partial charge < -0.3 is 9.64 Å². The van der Waals surface area contributed by atoms with Gasteiger partial charge in [0.25, 0.3) is 5.91 Å². The van der Waals surface area contributed by atoms with Crippen LogP contribution in [0.2, 0.25) is 0 Å². The molecule has 2 heterocycles. The van der Waals surface area contributed by atoms with Crippen LogP contribution < -0.4 is 4.90 Å². The normalized spacial score (nSPS) is 19.8. The Labute approximate surface area is 174 Å². The number of rotatable bonds is 3. The maximum atomic E-state index is 12.6. The third kappa shape index (κ3) is 4.34. The molecule has 2 saturated heterocycles. The Hall–Kier alpha value is -3.08. The van der Waals surface area contributed by atoms with Crippen LogP contribution in [0.25, 0.3) is 6.08 Å². The minimum Gasteiger partial charge on any atom is -0.378 e. The molecule has 4 rings (SSSR count). The molecule has 2 aliphatic heterocycles. The Morgan fingerprint density at radius 1 is 1.10 bits per heavy atom. The second-order valence-corrected chi connectivity index (χ2v) is 7.73. The van der Waals surface area contributed by atoms with Gasteiger partial charge in [0.15, 0.2) is 5.17 Å². The second-order valence-electron chi connectivity index (χ2n) is 6.72. The Bertz CT molecular complexity index is 1000. The molecule has 0 unspecified atom stereocenters. The highest BCUT2D eigenvalue weighted by Gasteiger charge is 2.30. The van der Waals surface area contributed by atoms with E-state index in [1.54, 1.807) is 24.1 Å². The van der Waals surface area contributed by atoms with Crippen molar-refractivity contribution in [1.29, 1.82) is 5.26 Å². The van der Waals surface area contributed by atoms with Gasteiger partial charge in [-0.05, 0) is 59.8 Å². The highest BCUT2D eigenvalue weighted by molar-refractivity contribution is 8.18. The number of carbonyl (C=O) groups is 1. The summed E-state index contributed by atoms with van der Waals surface area (Å²) >= 11 is 1.35. The highest BCUT2D eigenvalue weighted by Crippen LogP contribution is 2.33. The number of anilines is 1. The number of benzene rings is 2. The van der Waals surface area contributed by atoms with Crippen molar-refractivity contribution in [2.75, 3.05) is 38.3 Å². The van der Waals surface area contributed by atoms with Crippen molar-refractivity contribution in [2.45, 2.75) is 0 Å². The number of hydrogen-bond donors (Lipinski definition) is 0. The average Bonchev–Trinajstić information content (AvgIpc) is 3.03. The minimum atomic E-state index is -0.0805. The van der Waals surface area contributed by atoms with Gasteiger partial charge >= 0.3 is 0 Å². The van der Waals surface area contributed by atoms with E-state index >= 15 is 0 Å². The van der Waals surface area contributed by atoms with Crippen LogP contribution in [0.4, 0.5) is 11.4 Å². The number of nitrogens with zero attached hydrogens (tertiary/aromatic N) is 4. The monoisotopic (exact) mass is 404 g/mol. The van der Waals surface area contributed by atoms with Crippen molar-refractivity contribution >= 4 is 40.3 Å². The molecule has 6 nitrogen and oxygen atoms in total. The average molecular weight is 404 g/mol. The molecule has 0 spiro atoms. The lowest BCUT2D eigenvalue weighted by atomic mass is 10.1. The van der Waals surface area contributed by atoms with Crippen LogP contribution in [0, 0.1) is 11.3 Å². The Balaban J connectivity index is 1.51. The van der Waals surface area contributed by atoms with E-state index in [1.165, 1.54) is 11.8 Å². The first kappa shape index (κ1) is 19.2. The molecule has 0 bridgehead atoms. The SMILES string of the molecule is CN1C(=O)/C(=C/c2ccc(C#N)cc2)SC1=Nc1ccc(N2CCOCC2)cc1. The zero-order chi connectivity index (χ0) is 20.2. The Morgan fingerprint density at radius 2 is 1.79 bits per heavy atom. The molecule has 2 fully saturated rings. The van der Waals surface area contributed by atoms with Crippen LogP contribution in [0.1, 0.15) is 11.1 Å². The zero-order valence-corrected chi connectivity index (χ0v) is 16.9. The standard InChI is InChI=1S/C22H20N4O2S/c1-25-21(27)20(14-16-2-4-17(15-23)5-3-16)29-22(25)24-18-6-8-19(9-7-18)26-10-12-28-13-11-26/h2-9,14H,10-13H2,1H3/b20-14-,24-22?. The zero-order valence-electron chi connectivity index (χ0n) is 16.0. The number of carbonyl (C=O) groups excluding carboxylic acids is 1. The molecule has 0 aliphatic carbocycles. The number of morpholine rings is 1. The number of amidine groups is 1. The first-order valence-electron chi connectivity index (χ1n) is 9.33. The summed E-state index contributed by atoms with van der Waals surface area (Å²) in [5.41, 5.74) is 3.44. The molecule has 2 aromatic carbocycles. The van der Waals surface area contributed by atoms with E-state index in [0.717, 1.165) is 43.2 Å². The summed E-state index contributed by atoms with van der Waals surface area (Å²) in [6.07, 6.45) is 1.83. The van der Waals surface area contributed by atoms with Gasteiger partial charge in [0.2, 0.25) is 0 Å². The van der Waals surface area contributed by atoms with E-state index in [4.69, 9.17) is 10.00 Å². The molecule has 146 valence electrons. The lowest BCUT2D eigenvalue weighted by molar-refractivity contribution is -0.121. The van der Waals surface area contributed by atoms with Crippen molar-refractivity contribution in [3.63, 3.8) is 0 Å². The lowest BCUT2D eigenvalue weighted by Gasteiger charge is -2.28. The second kappa shape index (κ2) is 8.52. The van der Waals surface area contributed by atoms with Crippen molar-refractivity contribution in [3.8, 4) is 6.07 Å². The van der Waals surface area contributed by atoms with Crippen LogP contribution >= 0.6 is 11.8 Å². The number of nitriles is 1. The number of ether oxygens (including phenoxy) is 1. The number of hydrogen-bond acceptors (Lipinski definition) is 6. The van der Waals surface area contributed by atoms with Gasteiger partial charge in [0, 0.05) is 25.8 Å². The van der Waals surface area contributed by atoms with Gasteiger partial charge in [-0.3, -0.25) is 9.69 Å². The topological polar surface area (TPSA) is 68.9 Å². The Morgan fingerprint density at radius 3 is 2.45 bits per heavy atom. The maximum absolute atomic E-state index is 12.6. The third-order valence-corrected chi connectivity index (χ3v) is 5.85. The predicted octanol–water partition coefficient (Wildman–Crippen LogP) is 3.63. The molecule has 7 heteroatoms. The van der Waals surface area contributed by atoms with E-state index < -0.39 is 0 Å². The summed E-state index contributed by atoms with van der Waals surface area (Å²) in [4.78, 5) is 21.7. The number of amides is 1. The van der Waals surface area contributed by atoms with E-state index in [2.05, 4.69) is 28.1 Å². The highest BCUT2D eigenvalue weighted by atomic mass is 32.2. The first-order valence-corrected chi connectivity index (χ1v) is 10.1. The van der Waals surface area contributed by atoms with Gasteiger partial charge in [-0.15, -0.1) is 0 Å². The first-order chi connectivity index (χ1) is 14.1. The van der Waals surface area contributed by atoms with E-state index in [0.29, 0.717) is 15.6 Å². The summed E-state index contributed by atoms with van der Waals surface area (Å²) < 4.78 is 5.40. The van der Waals surface area contributed by atoms with Gasteiger partial charge in [0.05, 0.1) is 35.4 Å². The molecule has 29 heavy (non-hydrogen) atoms. The van der Waals surface area contributed by atoms with Gasteiger partial charge in [-0.2, -0.15) is 5.26 Å². The minimum absolute atomic E-state index is 0.0805. The van der Waals surface area contributed by atoms with Crippen LogP contribution in [0.15, 0.2) is 58.4 Å². The fourth-order valence-corrected chi connectivity index (χ4v) is 4.11. The summed E-state index contributed by atoms with van der Waals surface area (Å²) in [6, 6.07) is 17.3. The van der Waals surface area contributed by atoms with Gasteiger partial charge in [-0.25, -0.2) is 4.99 Å². The van der Waals surface area contributed by atoms with Crippen molar-refractivity contribution in [1.82, 2.24) is 4.90 Å². The molecule has 0 aromatic heterocycles. The fourth-order valence-electron chi connectivity index (χ4n) is 3.13. The maximum Gasteiger partial charge on any atom is 0.266 e. The molecule has 0 N–H and O–H groups in total. The summed E-state index contributed by atoms with van der Waals surface area (Å²) in [6.45, 7) is 3.29. The van der Waals surface area contributed by atoms with E-state index in [1.807, 2.05) is 30.3 Å². The molecule has 0 radical (unpaired) electrons. The van der Waals surface area contributed by atoms with Crippen molar-refractivity contribution < 1.29 is 9.53 Å². The van der Waals surface area contributed by atoms with Crippen molar-refractivity contribution in [2.24, 2.45) is 4.99 Å². The van der Waals surface area contributed by atoms with E-state index in [-0.39, 0.29) is 5.91 Å². The quantitative estimate of drug-likeness (QED) is 0.731. The van der Waals surface area contributed by atoms with Crippen LogP contribution in [0.5, 0.6) is 0 Å². The van der Waals surface area contributed by atoms with Crippen molar-refractivity contribution in [3.05, 3.63) is 64.6 Å². The Kier molecular flexibility index (Phi) is 5.65. The smallest absolute Gasteiger partial charge is 0.266 e. The van der Waals surface area contributed by atoms with Gasteiger partial charge in [-0.1, -0.05) is 12.1 Å².